The van der Waals surface area contributed by atoms with Gasteiger partial charge in [-0.2, -0.15) is 0 Å². The maximum atomic E-state index is 13.7. The molecule has 0 spiro atoms. The number of amides is 2. The summed E-state index contributed by atoms with van der Waals surface area (Å²) in [5, 5.41) is 11.6. The molecule has 308 valence electrons. The lowest BCUT2D eigenvalue weighted by Crippen LogP contribution is -2.34. The molecule has 5 N–H and O–H groups in total. The van der Waals surface area contributed by atoms with Gasteiger partial charge in [-0.25, -0.2) is 27.9 Å². The van der Waals surface area contributed by atoms with Crippen molar-refractivity contribution in [2.45, 2.75) is 77.0 Å². The number of hydrogen-bond acceptors (Lipinski definition) is 14. The molecule has 18 heteroatoms. The van der Waals surface area contributed by atoms with Crippen LogP contribution in [0.25, 0.3) is 11.3 Å². The molecule has 1 aromatic heterocycles. The number of aliphatic hydroxyl groups is 1. The molecule has 2 aromatic carbocycles. The summed E-state index contributed by atoms with van der Waals surface area (Å²) < 4.78 is 55.8. The molecule has 0 aliphatic carbocycles. The van der Waals surface area contributed by atoms with E-state index in [1.807, 2.05) is 0 Å². The van der Waals surface area contributed by atoms with Crippen molar-refractivity contribution >= 4 is 39.5 Å². The van der Waals surface area contributed by atoms with E-state index in [-0.39, 0.29) is 92.5 Å². The summed E-state index contributed by atoms with van der Waals surface area (Å²) in [4.78, 5) is 48.3. The lowest BCUT2D eigenvalue weighted by atomic mass is 10.1. The number of esters is 1. The van der Waals surface area contributed by atoms with Crippen LogP contribution < -0.4 is 20.5 Å². The number of nitrogen functional groups attached to an aromatic ring is 1. The highest BCUT2D eigenvalue weighted by Gasteiger charge is 2.24. The fraction of sp³-hybridized carbons (Fsp3) is 0.500. The fourth-order valence-corrected chi connectivity index (χ4v) is 5.91. The number of carbonyl (C=O) groups excluding carboxylic acids is 3. The minimum atomic E-state index is -3.88. The summed E-state index contributed by atoms with van der Waals surface area (Å²) >= 11 is 0. The Labute approximate surface area is 328 Å². The average Bonchev–Trinajstić information content (AvgIpc) is 3.11. The molecule has 0 radical (unpaired) electrons. The summed E-state index contributed by atoms with van der Waals surface area (Å²) in [7, 11) is -2.31. The summed E-state index contributed by atoms with van der Waals surface area (Å²) in [5.41, 5.74) is 6.11. The molecule has 56 heavy (non-hydrogen) atoms. The first-order valence-electron chi connectivity index (χ1n) is 18.0. The Kier molecular flexibility index (Phi) is 17.0. The topological polar surface area (TPSA) is 231 Å². The number of sulfonamides is 1. The van der Waals surface area contributed by atoms with E-state index in [9.17, 15) is 22.8 Å². The van der Waals surface area contributed by atoms with Gasteiger partial charge in [0, 0.05) is 31.1 Å². The lowest BCUT2D eigenvalue weighted by molar-refractivity contribution is -0.154. The van der Waals surface area contributed by atoms with Crippen LogP contribution in [0.4, 0.5) is 16.3 Å². The van der Waals surface area contributed by atoms with Crippen molar-refractivity contribution in [3.63, 3.8) is 0 Å². The first-order chi connectivity index (χ1) is 26.3. The maximum Gasteiger partial charge on any atom is 0.410 e. The number of rotatable bonds is 20. The summed E-state index contributed by atoms with van der Waals surface area (Å²) in [6.07, 6.45) is 1.13. The molecule has 0 saturated carbocycles. The summed E-state index contributed by atoms with van der Waals surface area (Å²) in [6, 6.07) is 10.9. The van der Waals surface area contributed by atoms with Crippen molar-refractivity contribution in [3.8, 4) is 17.0 Å². The molecule has 0 bridgehead atoms. The number of nitrogens with one attached hydrogen (secondary N) is 2. The van der Waals surface area contributed by atoms with Crippen LogP contribution in [0.2, 0.25) is 0 Å². The van der Waals surface area contributed by atoms with Crippen LogP contribution in [0, 0.1) is 0 Å². The molecule has 1 heterocycles. The third-order valence-corrected chi connectivity index (χ3v) is 8.76. The zero-order valence-electron chi connectivity index (χ0n) is 33.0. The number of aliphatic hydroxyl groups excluding tert-OH is 1. The molecule has 0 atom stereocenters. The van der Waals surface area contributed by atoms with Crippen molar-refractivity contribution in [1.29, 1.82) is 0 Å². The van der Waals surface area contributed by atoms with Gasteiger partial charge in [-0.3, -0.25) is 9.59 Å². The van der Waals surface area contributed by atoms with E-state index >= 15 is 0 Å². The van der Waals surface area contributed by atoms with E-state index in [1.165, 1.54) is 35.4 Å². The number of para-hydroxylation sites is 1. The number of anilines is 2. The van der Waals surface area contributed by atoms with Crippen LogP contribution in [-0.2, 0) is 40.3 Å². The SMILES string of the molecule is CN(Cc1cccc(NC(=O)c2nc(-c3ccc(S(=O)(=O)NCCCC(=O)OC(C)(C)C)cc3)cnc2N)c1OCCOCCOCCO)C(=O)OC(C)(C)C. The van der Waals surface area contributed by atoms with Gasteiger partial charge in [0.2, 0.25) is 10.0 Å². The molecule has 0 aliphatic heterocycles. The Hall–Kier alpha value is -4.88. The molecular formula is C38H54N6O11S. The quantitative estimate of drug-likeness (QED) is 0.0930. The number of aromatic nitrogens is 2. The predicted molar refractivity (Wildman–Crippen MR) is 208 cm³/mol. The smallest absolute Gasteiger partial charge is 0.410 e. The third kappa shape index (κ3) is 15.3. The van der Waals surface area contributed by atoms with Crippen LogP contribution in [0.1, 0.15) is 70.4 Å². The van der Waals surface area contributed by atoms with Gasteiger partial charge in [-0.1, -0.05) is 24.3 Å². The van der Waals surface area contributed by atoms with Gasteiger partial charge >= 0.3 is 12.1 Å². The van der Waals surface area contributed by atoms with E-state index in [0.717, 1.165) is 0 Å². The molecule has 17 nitrogen and oxygen atoms in total. The fourth-order valence-electron chi connectivity index (χ4n) is 4.83. The van der Waals surface area contributed by atoms with E-state index in [1.54, 1.807) is 66.8 Å². The Balaban J connectivity index is 1.77. The first-order valence-corrected chi connectivity index (χ1v) is 19.5. The van der Waals surface area contributed by atoms with Gasteiger partial charge in [0.1, 0.15) is 23.6 Å². The second kappa shape index (κ2) is 20.9. The number of benzene rings is 2. The molecule has 0 saturated heterocycles. The van der Waals surface area contributed by atoms with Crippen molar-refractivity contribution < 1.29 is 51.6 Å². The normalized spacial score (nSPS) is 11.9. The highest BCUT2D eigenvalue weighted by atomic mass is 32.2. The molecule has 0 unspecified atom stereocenters. The highest BCUT2D eigenvalue weighted by molar-refractivity contribution is 7.89. The van der Waals surface area contributed by atoms with Crippen molar-refractivity contribution in [2.75, 3.05) is 64.3 Å². The highest BCUT2D eigenvalue weighted by Crippen LogP contribution is 2.31. The first kappa shape index (κ1) is 45.5. The Morgan fingerprint density at radius 1 is 0.893 bits per heavy atom. The summed E-state index contributed by atoms with van der Waals surface area (Å²) in [5.74, 6) is -0.995. The third-order valence-electron chi connectivity index (χ3n) is 7.29. The van der Waals surface area contributed by atoms with E-state index in [4.69, 9.17) is 34.5 Å². The lowest BCUT2D eigenvalue weighted by Gasteiger charge is -2.25. The minimum Gasteiger partial charge on any atom is -0.489 e. The average molecular weight is 803 g/mol. The number of hydrogen-bond donors (Lipinski definition) is 4. The molecule has 0 aliphatic rings. The molecule has 0 fully saturated rings. The molecular weight excluding hydrogens is 749 g/mol. The second-order valence-corrected chi connectivity index (χ2v) is 16.2. The van der Waals surface area contributed by atoms with Gasteiger partial charge in [-0.15, -0.1) is 0 Å². The maximum absolute atomic E-state index is 13.7. The molecule has 3 aromatic rings. The van der Waals surface area contributed by atoms with E-state index < -0.39 is 39.2 Å². The van der Waals surface area contributed by atoms with Crippen molar-refractivity contribution in [1.82, 2.24) is 19.6 Å². The number of nitrogens with zero attached hydrogens (tertiary/aromatic N) is 3. The zero-order chi connectivity index (χ0) is 41.5. The predicted octanol–water partition coefficient (Wildman–Crippen LogP) is 4.15. The van der Waals surface area contributed by atoms with E-state index in [0.29, 0.717) is 17.7 Å². The molecule has 3 rings (SSSR count). The summed E-state index contributed by atoms with van der Waals surface area (Å²) in [6.45, 7) is 11.6. The number of ether oxygens (including phenoxy) is 5. The number of carbonyl (C=O) groups is 3. The van der Waals surface area contributed by atoms with Gasteiger partial charge in [0.25, 0.3) is 5.91 Å². The van der Waals surface area contributed by atoms with Crippen LogP contribution in [0.3, 0.4) is 0 Å². The van der Waals surface area contributed by atoms with Crippen LogP contribution >= 0.6 is 0 Å². The van der Waals surface area contributed by atoms with Crippen molar-refractivity contribution in [3.05, 3.63) is 59.9 Å². The van der Waals surface area contributed by atoms with Crippen LogP contribution in [0.5, 0.6) is 5.75 Å². The van der Waals surface area contributed by atoms with Gasteiger partial charge in [-0.05, 0) is 66.2 Å². The largest absolute Gasteiger partial charge is 0.489 e. The Bertz CT molecular complexity index is 1880. The Morgan fingerprint density at radius 3 is 2.18 bits per heavy atom. The van der Waals surface area contributed by atoms with Gasteiger partial charge in [0.05, 0.1) is 62.1 Å². The Morgan fingerprint density at radius 2 is 1.54 bits per heavy atom. The van der Waals surface area contributed by atoms with Crippen LogP contribution in [0.15, 0.2) is 53.6 Å². The monoisotopic (exact) mass is 802 g/mol. The van der Waals surface area contributed by atoms with Gasteiger partial charge < -0.3 is 44.7 Å². The number of nitrogens with two attached hydrogens (primary N) is 1. The van der Waals surface area contributed by atoms with Gasteiger partial charge in [0.15, 0.2) is 11.5 Å². The van der Waals surface area contributed by atoms with Crippen molar-refractivity contribution in [2.24, 2.45) is 0 Å². The second-order valence-electron chi connectivity index (χ2n) is 14.5. The molecule has 2 amide bonds. The standard InChI is InChI=1S/C38H54N6O11S/c1-37(2,3)54-31(46)12-9-17-41-56(49,50)28-15-13-26(14-16-28)30-24-40-34(39)32(42-30)35(47)43-29-11-8-10-27(25-44(7)36(48)55-38(4,5)6)33(29)53-23-22-52-21-20-51-19-18-45/h8,10-11,13-16,24,41,45H,9,12,17-23,25H2,1-7H3,(H2,39,40)(H,43,47). The minimum absolute atomic E-state index is 0.00922. The zero-order valence-corrected chi connectivity index (χ0v) is 33.9. The van der Waals surface area contributed by atoms with E-state index in [2.05, 4.69) is 20.0 Å². The van der Waals surface area contributed by atoms with Crippen LogP contribution in [-0.4, -0.2) is 111 Å².